The summed E-state index contributed by atoms with van der Waals surface area (Å²) in [4.78, 5) is 41.7. The van der Waals surface area contributed by atoms with Crippen molar-refractivity contribution in [2.45, 2.75) is 82.6 Å². The van der Waals surface area contributed by atoms with Crippen LogP contribution in [0.2, 0.25) is 5.02 Å². The molecule has 11 heteroatoms. The molecular formula is C30H37ClN6O4. The first-order chi connectivity index (χ1) is 19.6. The average Bonchev–Trinajstić information content (AvgIpc) is 3.50. The number of H-pyrrole nitrogens is 1. The first kappa shape index (κ1) is 27.6. The van der Waals surface area contributed by atoms with E-state index < -0.39 is 11.2 Å². The molecule has 2 saturated heterocycles. The van der Waals surface area contributed by atoms with Crippen LogP contribution in [-0.4, -0.2) is 79.9 Å². The SMILES string of the molecule is CC(C)(C)OC(=O)N1CCC2(CC1)CN([C@H]1CCC[C@@H](Nc3ncc(Cl)c(-c4c[nH]c5ccccc45)n3)C1)C(=O)O2. The number of carbonyl (C=O) groups is 2. The van der Waals surface area contributed by atoms with Crippen LogP contribution in [0, 0.1) is 0 Å². The largest absolute Gasteiger partial charge is 0.444 e. The summed E-state index contributed by atoms with van der Waals surface area (Å²) >= 11 is 6.53. The normalized spacial score (nSPS) is 22.7. The maximum Gasteiger partial charge on any atom is 0.410 e. The number of aromatic nitrogens is 3. The highest BCUT2D eigenvalue weighted by Gasteiger charge is 2.50. The van der Waals surface area contributed by atoms with Gasteiger partial charge in [0.1, 0.15) is 11.2 Å². The predicted molar refractivity (Wildman–Crippen MR) is 157 cm³/mol. The lowest BCUT2D eigenvalue weighted by Gasteiger charge is -2.38. The molecule has 1 aliphatic carbocycles. The molecule has 6 rings (SSSR count). The molecule has 1 aromatic carbocycles. The molecule has 2 aliphatic heterocycles. The number of ether oxygens (including phenoxy) is 2. The molecular weight excluding hydrogens is 544 g/mol. The van der Waals surface area contributed by atoms with Crippen molar-refractivity contribution in [3.8, 4) is 11.3 Å². The second kappa shape index (κ2) is 10.7. The van der Waals surface area contributed by atoms with Crippen molar-refractivity contribution in [1.29, 1.82) is 0 Å². The molecule has 3 aromatic rings. The maximum atomic E-state index is 13.1. The van der Waals surface area contributed by atoms with E-state index in [2.05, 4.69) is 15.3 Å². The number of nitrogens with one attached hydrogen (secondary N) is 2. The number of carbonyl (C=O) groups excluding carboxylic acids is 2. The summed E-state index contributed by atoms with van der Waals surface area (Å²) < 4.78 is 11.5. The summed E-state index contributed by atoms with van der Waals surface area (Å²) in [5.41, 5.74) is 1.54. The van der Waals surface area contributed by atoms with Gasteiger partial charge in [-0.1, -0.05) is 29.8 Å². The summed E-state index contributed by atoms with van der Waals surface area (Å²) in [6.45, 7) is 7.16. The van der Waals surface area contributed by atoms with E-state index in [9.17, 15) is 9.59 Å². The van der Waals surface area contributed by atoms with Gasteiger partial charge in [0, 0.05) is 60.7 Å². The second-order valence-electron chi connectivity index (χ2n) is 12.4. The Labute approximate surface area is 244 Å². The maximum absolute atomic E-state index is 13.1. The lowest BCUT2D eigenvalue weighted by Crippen LogP contribution is -2.50. The van der Waals surface area contributed by atoms with E-state index in [0.29, 0.717) is 49.1 Å². The Morgan fingerprint density at radius 1 is 1.22 bits per heavy atom. The van der Waals surface area contributed by atoms with Crippen LogP contribution < -0.4 is 5.32 Å². The number of halogens is 1. The molecule has 2 atom stereocenters. The lowest BCUT2D eigenvalue weighted by molar-refractivity contribution is -0.0171. The number of rotatable bonds is 4. The number of anilines is 1. The van der Waals surface area contributed by atoms with Gasteiger partial charge < -0.3 is 29.6 Å². The number of hydrogen-bond donors (Lipinski definition) is 2. The molecule has 1 spiro atoms. The topological polar surface area (TPSA) is 113 Å². The van der Waals surface area contributed by atoms with E-state index in [1.165, 1.54) is 0 Å². The Morgan fingerprint density at radius 3 is 2.78 bits per heavy atom. The van der Waals surface area contributed by atoms with E-state index in [1.54, 1.807) is 11.1 Å². The zero-order valence-electron chi connectivity index (χ0n) is 23.8. The van der Waals surface area contributed by atoms with Crippen LogP contribution in [0.25, 0.3) is 22.2 Å². The van der Waals surface area contributed by atoms with E-state index in [0.717, 1.165) is 42.1 Å². The van der Waals surface area contributed by atoms with Crippen LogP contribution in [0.3, 0.4) is 0 Å². The molecule has 2 amide bonds. The van der Waals surface area contributed by atoms with Crippen molar-refractivity contribution in [2.24, 2.45) is 0 Å². The van der Waals surface area contributed by atoms with E-state index in [1.807, 2.05) is 56.1 Å². The van der Waals surface area contributed by atoms with E-state index in [4.69, 9.17) is 26.1 Å². The number of fused-ring (bicyclic) bond motifs is 1. The quantitative estimate of drug-likeness (QED) is 0.376. The first-order valence-electron chi connectivity index (χ1n) is 14.4. The van der Waals surface area contributed by atoms with Crippen molar-refractivity contribution in [2.75, 3.05) is 25.0 Å². The smallest absolute Gasteiger partial charge is 0.410 e. The summed E-state index contributed by atoms with van der Waals surface area (Å²) in [7, 11) is 0. The van der Waals surface area contributed by atoms with Crippen molar-refractivity contribution in [3.05, 3.63) is 41.7 Å². The van der Waals surface area contributed by atoms with E-state index in [-0.39, 0.29) is 24.3 Å². The highest BCUT2D eigenvalue weighted by molar-refractivity contribution is 6.33. The third-order valence-corrected chi connectivity index (χ3v) is 8.61. The zero-order valence-corrected chi connectivity index (χ0v) is 24.5. The molecule has 10 nitrogen and oxygen atoms in total. The third kappa shape index (κ3) is 5.80. The van der Waals surface area contributed by atoms with Gasteiger partial charge in [0.05, 0.1) is 23.5 Å². The number of hydrogen-bond acceptors (Lipinski definition) is 7. The molecule has 218 valence electrons. The van der Waals surface area contributed by atoms with Gasteiger partial charge >= 0.3 is 12.2 Å². The van der Waals surface area contributed by atoms with Gasteiger partial charge in [-0.05, 0) is 52.5 Å². The van der Waals surface area contributed by atoms with Crippen molar-refractivity contribution < 1.29 is 19.1 Å². The Balaban J connectivity index is 1.09. The minimum Gasteiger partial charge on any atom is -0.444 e. The lowest BCUT2D eigenvalue weighted by atomic mass is 9.88. The van der Waals surface area contributed by atoms with Crippen LogP contribution in [0.5, 0.6) is 0 Å². The molecule has 3 aliphatic rings. The van der Waals surface area contributed by atoms with Gasteiger partial charge in [0.25, 0.3) is 0 Å². The van der Waals surface area contributed by atoms with Crippen molar-refractivity contribution >= 4 is 40.6 Å². The Kier molecular flexibility index (Phi) is 7.21. The highest BCUT2D eigenvalue weighted by Crippen LogP contribution is 2.38. The molecule has 1 saturated carbocycles. The second-order valence-corrected chi connectivity index (χ2v) is 12.9. The van der Waals surface area contributed by atoms with Crippen LogP contribution >= 0.6 is 11.6 Å². The van der Waals surface area contributed by atoms with Gasteiger partial charge in [-0.25, -0.2) is 19.6 Å². The van der Waals surface area contributed by atoms with Gasteiger partial charge in [-0.3, -0.25) is 0 Å². The van der Waals surface area contributed by atoms with Crippen LogP contribution in [0.1, 0.15) is 59.3 Å². The molecule has 0 radical (unpaired) electrons. The number of likely N-dealkylation sites (tertiary alicyclic amines) is 1. The Bertz CT molecular complexity index is 1440. The monoisotopic (exact) mass is 580 g/mol. The minimum atomic E-state index is -0.552. The fourth-order valence-corrected chi connectivity index (χ4v) is 6.46. The fourth-order valence-electron chi connectivity index (χ4n) is 6.27. The highest BCUT2D eigenvalue weighted by atomic mass is 35.5. The summed E-state index contributed by atoms with van der Waals surface area (Å²) in [6, 6.07) is 8.23. The summed E-state index contributed by atoms with van der Waals surface area (Å²) in [5, 5.41) is 5.05. The molecule has 0 unspecified atom stereocenters. The van der Waals surface area contributed by atoms with Gasteiger partial charge in [-0.2, -0.15) is 0 Å². The third-order valence-electron chi connectivity index (χ3n) is 8.33. The van der Waals surface area contributed by atoms with Gasteiger partial charge in [0.2, 0.25) is 5.95 Å². The number of nitrogens with zero attached hydrogens (tertiary/aromatic N) is 4. The first-order valence-corrected chi connectivity index (χ1v) is 14.8. The number of piperidine rings is 1. The number of benzene rings is 1. The summed E-state index contributed by atoms with van der Waals surface area (Å²) in [6.07, 6.45) is 7.86. The van der Waals surface area contributed by atoms with Gasteiger partial charge in [0.15, 0.2) is 0 Å². The summed E-state index contributed by atoms with van der Waals surface area (Å²) in [5.74, 6) is 0.523. The van der Waals surface area contributed by atoms with Gasteiger partial charge in [-0.15, -0.1) is 0 Å². The van der Waals surface area contributed by atoms with Crippen LogP contribution in [0.4, 0.5) is 15.5 Å². The van der Waals surface area contributed by atoms with Crippen molar-refractivity contribution in [3.63, 3.8) is 0 Å². The van der Waals surface area contributed by atoms with Crippen LogP contribution in [-0.2, 0) is 9.47 Å². The van der Waals surface area contributed by atoms with Crippen LogP contribution in [0.15, 0.2) is 36.7 Å². The van der Waals surface area contributed by atoms with Crippen molar-refractivity contribution in [1.82, 2.24) is 24.8 Å². The Hall–Kier alpha value is -3.53. The molecule has 0 bridgehead atoms. The molecule has 41 heavy (non-hydrogen) atoms. The Morgan fingerprint density at radius 2 is 2.00 bits per heavy atom. The molecule has 4 heterocycles. The molecule has 3 fully saturated rings. The number of aromatic amines is 1. The predicted octanol–water partition coefficient (Wildman–Crippen LogP) is 6.22. The fraction of sp³-hybridized carbons (Fsp3) is 0.533. The standard InChI is InChI=1S/C30H37ClN6O4/c1-29(2,3)40-27(38)36-13-11-30(12-14-36)18-37(28(39)41-30)20-8-6-7-19(15-20)34-26-33-17-23(31)25(35-26)22-16-32-24-10-5-4-9-21(22)24/h4-5,9-10,16-17,19-20,32H,6-8,11-15,18H2,1-3H3,(H,33,34,35)/t19-,20+/m1/s1. The zero-order chi connectivity index (χ0) is 28.8. The minimum absolute atomic E-state index is 0.0670. The number of amides is 2. The average molecular weight is 581 g/mol. The number of para-hydroxylation sites is 1. The molecule has 2 aromatic heterocycles. The molecule has 2 N–H and O–H groups in total. The van der Waals surface area contributed by atoms with E-state index >= 15 is 0 Å².